The van der Waals surface area contributed by atoms with Crippen LogP contribution in [0.4, 0.5) is 0 Å². The van der Waals surface area contributed by atoms with Crippen molar-refractivity contribution < 1.29 is 14.6 Å². The van der Waals surface area contributed by atoms with Crippen molar-refractivity contribution in [2.75, 3.05) is 0 Å². The molecule has 0 saturated heterocycles. The minimum Gasteiger partial charge on any atom is -0.490 e. The molecule has 0 aliphatic heterocycles. The lowest BCUT2D eigenvalue weighted by molar-refractivity contribution is -0.138. The van der Waals surface area contributed by atoms with Crippen LogP contribution in [0.1, 0.15) is 18.9 Å². The Morgan fingerprint density at radius 1 is 1.43 bits per heavy atom. The van der Waals surface area contributed by atoms with Gasteiger partial charge in [0.2, 0.25) is 0 Å². The van der Waals surface area contributed by atoms with Crippen LogP contribution in [0.3, 0.4) is 0 Å². The fourth-order valence-electron chi connectivity index (χ4n) is 1.14. The molecule has 1 aromatic rings. The molecule has 0 unspecified atom stereocenters. The largest absolute Gasteiger partial charge is 0.490 e. The van der Waals surface area contributed by atoms with E-state index in [0.29, 0.717) is 5.75 Å². The fourth-order valence-corrected chi connectivity index (χ4v) is 1.14. The van der Waals surface area contributed by atoms with E-state index in [1.165, 1.54) is 0 Å². The number of hydrogen-bond acceptors (Lipinski definition) is 2. The summed E-state index contributed by atoms with van der Waals surface area (Å²) in [5.41, 5.74) is 1.16. The number of rotatable bonds is 4. The summed E-state index contributed by atoms with van der Waals surface area (Å²) in [6, 6.07) is 7.55. The molecule has 3 heteroatoms. The minimum absolute atomic E-state index is 0.0217. The van der Waals surface area contributed by atoms with Crippen LogP contribution in [0.2, 0.25) is 0 Å². The van der Waals surface area contributed by atoms with Gasteiger partial charge in [0.25, 0.3) is 0 Å². The van der Waals surface area contributed by atoms with Crippen LogP contribution in [0.25, 0.3) is 0 Å². The van der Waals surface area contributed by atoms with Crippen molar-refractivity contribution in [2.45, 2.75) is 26.4 Å². The Morgan fingerprint density at radius 3 is 2.50 bits per heavy atom. The summed E-state index contributed by atoms with van der Waals surface area (Å²) in [6.07, 6.45) is -0.274. The quantitative estimate of drug-likeness (QED) is 0.799. The van der Waals surface area contributed by atoms with Gasteiger partial charge in [-0.25, -0.2) is 0 Å². The zero-order chi connectivity index (χ0) is 10.6. The van der Waals surface area contributed by atoms with Gasteiger partial charge in [0.05, 0.1) is 6.42 Å². The summed E-state index contributed by atoms with van der Waals surface area (Å²) in [6.45, 7) is 3.73. The lowest BCUT2D eigenvalue weighted by Gasteiger charge is -2.12. The molecule has 0 fully saturated rings. The third-order valence-electron chi connectivity index (χ3n) is 1.82. The Balaban J connectivity index is 2.51. The van der Waals surface area contributed by atoms with Crippen molar-refractivity contribution in [2.24, 2.45) is 0 Å². The van der Waals surface area contributed by atoms with Crippen molar-refractivity contribution in [1.82, 2.24) is 0 Å². The van der Waals surface area contributed by atoms with E-state index in [2.05, 4.69) is 0 Å². The van der Waals surface area contributed by atoms with Gasteiger partial charge in [0.15, 0.2) is 0 Å². The van der Waals surface area contributed by atoms with Crippen LogP contribution in [0.5, 0.6) is 5.75 Å². The second kappa shape index (κ2) is 4.65. The van der Waals surface area contributed by atoms with Crippen LogP contribution in [0.15, 0.2) is 24.3 Å². The number of hydrogen-bond donors (Lipinski definition) is 1. The van der Waals surface area contributed by atoms with E-state index in [4.69, 9.17) is 9.84 Å². The van der Waals surface area contributed by atoms with Gasteiger partial charge in [-0.15, -0.1) is 0 Å². The standard InChI is InChI=1S/C11H14O3/c1-8-3-5-10(6-4-8)14-9(2)7-11(12)13/h3-6,9H,7H2,1-2H3,(H,12,13)/t9-/m0/s1. The van der Waals surface area contributed by atoms with E-state index in [9.17, 15) is 4.79 Å². The Bertz CT molecular complexity index is 303. The second-order valence-electron chi connectivity index (χ2n) is 3.34. The summed E-state index contributed by atoms with van der Waals surface area (Å²) >= 11 is 0. The number of carboxylic acid groups (broad SMARTS) is 1. The lowest BCUT2D eigenvalue weighted by atomic mass is 10.2. The molecule has 1 aromatic carbocycles. The first-order valence-corrected chi connectivity index (χ1v) is 4.53. The third kappa shape index (κ3) is 3.47. The summed E-state index contributed by atoms with van der Waals surface area (Å²) < 4.78 is 5.40. The van der Waals surface area contributed by atoms with Crippen LogP contribution in [-0.2, 0) is 4.79 Å². The van der Waals surface area contributed by atoms with E-state index in [0.717, 1.165) is 5.56 Å². The van der Waals surface area contributed by atoms with Gasteiger partial charge in [0.1, 0.15) is 11.9 Å². The van der Waals surface area contributed by atoms with Gasteiger partial charge in [-0.1, -0.05) is 17.7 Å². The Hall–Kier alpha value is -1.51. The molecule has 0 spiro atoms. The van der Waals surface area contributed by atoms with E-state index in [-0.39, 0.29) is 12.5 Å². The van der Waals surface area contributed by atoms with Crippen molar-refractivity contribution in [3.63, 3.8) is 0 Å². The maximum atomic E-state index is 10.4. The van der Waals surface area contributed by atoms with Gasteiger partial charge in [-0.2, -0.15) is 0 Å². The predicted molar refractivity (Wildman–Crippen MR) is 53.5 cm³/mol. The number of aryl methyl sites for hydroxylation is 1. The molecule has 14 heavy (non-hydrogen) atoms. The van der Waals surface area contributed by atoms with Crippen molar-refractivity contribution in [3.8, 4) is 5.75 Å². The SMILES string of the molecule is Cc1ccc(O[C@@H](C)CC(=O)O)cc1. The molecule has 1 rings (SSSR count). The summed E-state index contributed by atoms with van der Waals surface area (Å²) in [7, 11) is 0. The average Bonchev–Trinajstić information content (AvgIpc) is 2.07. The Labute approximate surface area is 83.3 Å². The molecule has 76 valence electrons. The van der Waals surface area contributed by atoms with E-state index < -0.39 is 5.97 Å². The molecule has 0 amide bonds. The number of ether oxygens (including phenoxy) is 1. The minimum atomic E-state index is -0.843. The molecule has 0 saturated carbocycles. The smallest absolute Gasteiger partial charge is 0.307 e. The normalized spacial score (nSPS) is 12.1. The highest BCUT2D eigenvalue weighted by Crippen LogP contribution is 2.14. The molecule has 3 nitrogen and oxygen atoms in total. The molecule has 0 bridgehead atoms. The number of carboxylic acids is 1. The van der Waals surface area contributed by atoms with Gasteiger partial charge in [0, 0.05) is 0 Å². The van der Waals surface area contributed by atoms with Crippen LogP contribution < -0.4 is 4.74 Å². The maximum absolute atomic E-state index is 10.4. The summed E-state index contributed by atoms with van der Waals surface area (Å²) in [5.74, 6) is -0.131. The molecule has 0 aliphatic rings. The van der Waals surface area contributed by atoms with Crippen molar-refractivity contribution >= 4 is 5.97 Å². The molecule has 1 atom stereocenters. The molecule has 1 N–H and O–H groups in total. The highest BCUT2D eigenvalue weighted by atomic mass is 16.5. The third-order valence-corrected chi connectivity index (χ3v) is 1.82. The number of benzene rings is 1. The van der Waals surface area contributed by atoms with Crippen LogP contribution in [0, 0.1) is 6.92 Å². The number of carbonyl (C=O) groups is 1. The zero-order valence-corrected chi connectivity index (χ0v) is 8.36. The predicted octanol–water partition coefficient (Wildman–Crippen LogP) is 2.24. The van der Waals surface area contributed by atoms with Crippen molar-refractivity contribution in [1.29, 1.82) is 0 Å². The van der Waals surface area contributed by atoms with E-state index >= 15 is 0 Å². The zero-order valence-electron chi connectivity index (χ0n) is 8.36. The highest BCUT2D eigenvalue weighted by molar-refractivity contribution is 5.67. The fraction of sp³-hybridized carbons (Fsp3) is 0.364. The van der Waals surface area contributed by atoms with Gasteiger partial charge >= 0.3 is 5.97 Å². The Morgan fingerprint density at radius 2 is 2.00 bits per heavy atom. The molecular formula is C11H14O3. The monoisotopic (exact) mass is 194 g/mol. The van der Waals surface area contributed by atoms with E-state index in [1.54, 1.807) is 6.92 Å². The van der Waals surface area contributed by atoms with Gasteiger partial charge in [-0.05, 0) is 26.0 Å². The topological polar surface area (TPSA) is 46.5 Å². The molecule has 0 radical (unpaired) electrons. The van der Waals surface area contributed by atoms with Gasteiger partial charge in [-0.3, -0.25) is 4.79 Å². The van der Waals surface area contributed by atoms with E-state index in [1.807, 2.05) is 31.2 Å². The van der Waals surface area contributed by atoms with Crippen LogP contribution >= 0.6 is 0 Å². The summed E-state index contributed by atoms with van der Waals surface area (Å²) in [4.78, 5) is 10.4. The molecular weight excluding hydrogens is 180 g/mol. The molecule has 0 aliphatic carbocycles. The molecule has 0 aromatic heterocycles. The average molecular weight is 194 g/mol. The first-order chi connectivity index (χ1) is 6.58. The van der Waals surface area contributed by atoms with Crippen molar-refractivity contribution in [3.05, 3.63) is 29.8 Å². The molecule has 0 heterocycles. The lowest BCUT2D eigenvalue weighted by Crippen LogP contribution is -2.16. The maximum Gasteiger partial charge on any atom is 0.307 e. The first-order valence-electron chi connectivity index (χ1n) is 4.53. The first kappa shape index (κ1) is 10.6. The van der Waals surface area contributed by atoms with Crippen LogP contribution in [-0.4, -0.2) is 17.2 Å². The second-order valence-corrected chi connectivity index (χ2v) is 3.34. The number of aliphatic carboxylic acids is 1. The van der Waals surface area contributed by atoms with Gasteiger partial charge < -0.3 is 9.84 Å². The summed E-state index contributed by atoms with van der Waals surface area (Å²) in [5, 5.41) is 8.53. The Kier molecular flexibility index (Phi) is 3.51. The highest BCUT2D eigenvalue weighted by Gasteiger charge is 2.08.